The Kier molecular flexibility index (Phi) is 5.72. The van der Waals surface area contributed by atoms with Gasteiger partial charge in [0.05, 0.1) is 12.8 Å². The quantitative estimate of drug-likeness (QED) is 0.690. The highest BCUT2D eigenvalue weighted by Crippen LogP contribution is 2.32. The molecule has 8 nitrogen and oxygen atoms in total. The van der Waals surface area contributed by atoms with Crippen LogP contribution in [0.15, 0.2) is 23.1 Å². The van der Waals surface area contributed by atoms with E-state index in [1.807, 2.05) is 0 Å². The van der Waals surface area contributed by atoms with Gasteiger partial charge in [-0.2, -0.15) is 4.98 Å². The van der Waals surface area contributed by atoms with Gasteiger partial charge in [-0.3, -0.25) is 9.78 Å². The zero-order valence-corrected chi connectivity index (χ0v) is 15.4. The first kappa shape index (κ1) is 18.0. The number of nitrogens with zero attached hydrogens (tertiary/aromatic N) is 5. The molecule has 1 saturated heterocycles. The number of ether oxygens (including phenoxy) is 1. The molecular formula is C19H25N5O3. The van der Waals surface area contributed by atoms with E-state index in [1.54, 1.807) is 11.1 Å². The molecular weight excluding hydrogens is 346 g/mol. The number of likely N-dealkylation sites (tertiary alicyclic amines) is 1. The maximum Gasteiger partial charge on any atom is 0.274 e. The number of amides is 1. The summed E-state index contributed by atoms with van der Waals surface area (Å²) < 4.78 is 11.2. The molecule has 144 valence electrons. The molecule has 1 aliphatic heterocycles. The Morgan fingerprint density at radius 2 is 2.11 bits per heavy atom. The highest BCUT2D eigenvalue weighted by Gasteiger charge is 2.35. The van der Waals surface area contributed by atoms with Crippen molar-refractivity contribution in [2.75, 3.05) is 19.8 Å². The zero-order valence-electron chi connectivity index (χ0n) is 15.4. The maximum absolute atomic E-state index is 12.7. The van der Waals surface area contributed by atoms with Crippen LogP contribution in [0.25, 0.3) is 0 Å². The molecule has 0 bridgehead atoms. The van der Waals surface area contributed by atoms with Gasteiger partial charge in [-0.05, 0) is 31.6 Å². The van der Waals surface area contributed by atoms with Crippen LogP contribution in [0.3, 0.4) is 0 Å². The zero-order chi connectivity index (χ0) is 18.5. The van der Waals surface area contributed by atoms with Crippen molar-refractivity contribution in [1.82, 2.24) is 25.0 Å². The molecule has 1 atom stereocenters. The Hall–Kier alpha value is -2.35. The van der Waals surface area contributed by atoms with E-state index < -0.39 is 0 Å². The molecule has 2 aromatic heterocycles. The Labute approximate surface area is 158 Å². The standard InChI is InChI=1S/C19H25N5O3/c25-19(15-12-20-8-9-21-15)24-10-3-6-16(24)18-22-17(23-27-18)7-11-26-13-14-4-1-2-5-14/h8-9,12,14,16H,1-7,10-11,13H2. The number of aromatic nitrogens is 4. The molecule has 8 heteroatoms. The second-order valence-electron chi connectivity index (χ2n) is 7.27. The van der Waals surface area contributed by atoms with Gasteiger partial charge in [0.2, 0.25) is 5.89 Å². The third-order valence-electron chi connectivity index (χ3n) is 5.36. The van der Waals surface area contributed by atoms with E-state index in [0.29, 0.717) is 42.9 Å². The van der Waals surface area contributed by atoms with Crippen LogP contribution in [0.4, 0.5) is 0 Å². The average molecular weight is 371 g/mol. The molecule has 1 amide bonds. The predicted molar refractivity (Wildman–Crippen MR) is 95.8 cm³/mol. The Morgan fingerprint density at radius 1 is 1.22 bits per heavy atom. The highest BCUT2D eigenvalue weighted by molar-refractivity contribution is 5.92. The topological polar surface area (TPSA) is 94.2 Å². The van der Waals surface area contributed by atoms with Gasteiger partial charge in [-0.15, -0.1) is 0 Å². The van der Waals surface area contributed by atoms with Crippen molar-refractivity contribution >= 4 is 5.91 Å². The number of hydrogen-bond acceptors (Lipinski definition) is 7. The minimum Gasteiger partial charge on any atom is -0.381 e. The molecule has 1 aliphatic carbocycles. The summed E-state index contributed by atoms with van der Waals surface area (Å²) in [5, 5.41) is 4.06. The lowest BCUT2D eigenvalue weighted by Crippen LogP contribution is -2.31. The van der Waals surface area contributed by atoms with Crippen LogP contribution in [0.5, 0.6) is 0 Å². The van der Waals surface area contributed by atoms with Gasteiger partial charge in [0.1, 0.15) is 11.7 Å². The van der Waals surface area contributed by atoms with Crippen molar-refractivity contribution < 1.29 is 14.1 Å². The first-order chi connectivity index (χ1) is 13.3. The fourth-order valence-electron chi connectivity index (χ4n) is 3.92. The van der Waals surface area contributed by atoms with E-state index in [-0.39, 0.29) is 11.9 Å². The summed E-state index contributed by atoms with van der Waals surface area (Å²) in [7, 11) is 0. The lowest BCUT2D eigenvalue weighted by Gasteiger charge is -2.21. The summed E-state index contributed by atoms with van der Waals surface area (Å²) in [6.45, 7) is 2.08. The van der Waals surface area contributed by atoms with Crippen molar-refractivity contribution in [3.05, 3.63) is 36.0 Å². The van der Waals surface area contributed by atoms with Gasteiger partial charge in [0, 0.05) is 32.0 Å². The summed E-state index contributed by atoms with van der Waals surface area (Å²) in [4.78, 5) is 27.0. The van der Waals surface area contributed by atoms with E-state index in [9.17, 15) is 4.79 Å². The highest BCUT2D eigenvalue weighted by atomic mass is 16.5. The van der Waals surface area contributed by atoms with Gasteiger partial charge in [-0.1, -0.05) is 18.0 Å². The van der Waals surface area contributed by atoms with Gasteiger partial charge in [-0.25, -0.2) is 4.98 Å². The van der Waals surface area contributed by atoms with Crippen molar-refractivity contribution in [3.8, 4) is 0 Å². The minimum absolute atomic E-state index is 0.148. The van der Waals surface area contributed by atoms with Crippen LogP contribution >= 0.6 is 0 Å². The lowest BCUT2D eigenvalue weighted by molar-refractivity contribution is 0.0703. The second-order valence-corrected chi connectivity index (χ2v) is 7.27. The van der Waals surface area contributed by atoms with Crippen molar-refractivity contribution in [2.24, 2.45) is 5.92 Å². The molecule has 27 heavy (non-hydrogen) atoms. The summed E-state index contributed by atoms with van der Waals surface area (Å²) in [5.74, 6) is 1.70. The molecule has 2 fully saturated rings. The van der Waals surface area contributed by atoms with Crippen molar-refractivity contribution in [3.63, 3.8) is 0 Å². The van der Waals surface area contributed by atoms with E-state index in [4.69, 9.17) is 9.26 Å². The fourth-order valence-corrected chi connectivity index (χ4v) is 3.92. The number of carbonyl (C=O) groups excluding carboxylic acids is 1. The second kappa shape index (κ2) is 8.56. The predicted octanol–water partition coefficient (Wildman–Crippen LogP) is 2.59. The summed E-state index contributed by atoms with van der Waals surface area (Å²) in [5.41, 5.74) is 0.337. The maximum atomic E-state index is 12.7. The van der Waals surface area contributed by atoms with Gasteiger partial charge in [0.25, 0.3) is 5.91 Å². The molecule has 0 radical (unpaired) electrons. The fraction of sp³-hybridized carbons (Fsp3) is 0.632. The summed E-state index contributed by atoms with van der Waals surface area (Å²) >= 11 is 0. The van der Waals surface area contributed by atoms with Crippen LogP contribution in [0.1, 0.15) is 66.8 Å². The third-order valence-corrected chi connectivity index (χ3v) is 5.36. The smallest absolute Gasteiger partial charge is 0.274 e. The Morgan fingerprint density at radius 3 is 2.93 bits per heavy atom. The molecule has 0 N–H and O–H groups in total. The van der Waals surface area contributed by atoms with Gasteiger partial charge >= 0.3 is 0 Å². The number of hydrogen-bond donors (Lipinski definition) is 0. The number of carbonyl (C=O) groups is 1. The van der Waals surface area contributed by atoms with Crippen LogP contribution in [-0.2, 0) is 11.2 Å². The molecule has 0 aromatic carbocycles. The molecule has 2 aromatic rings. The molecule has 0 spiro atoms. The summed E-state index contributed by atoms with van der Waals surface area (Å²) in [6.07, 6.45) is 12.1. The molecule has 3 heterocycles. The van der Waals surface area contributed by atoms with Gasteiger partial charge < -0.3 is 14.2 Å². The third kappa shape index (κ3) is 4.32. The lowest BCUT2D eigenvalue weighted by atomic mass is 10.1. The van der Waals surface area contributed by atoms with E-state index in [0.717, 1.165) is 19.4 Å². The molecule has 1 unspecified atom stereocenters. The monoisotopic (exact) mass is 371 g/mol. The first-order valence-electron chi connectivity index (χ1n) is 9.78. The minimum atomic E-state index is -0.194. The molecule has 1 saturated carbocycles. The first-order valence-corrected chi connectivity index (χ1v) is 9.78. The molecule has 2 aliphatic rings. The van der Waals surface area contributed by atoms with Crippen molar-refractivity contribution in [1.29, 1.82) is 0 Å². The van der Waals surface area contributed by atoms with Crippen LogP contribution in [0, 0.1) is 5.92 Å². The largest absolute Gasteiger partial charge is 0.381 e. The number of rotatable bonds is 7. The van der Waals surface area contributed by atoms with Crippen LogP contribution < -0.4 is 0 Å². The van der Waals surface area contributed by atoms with Crippen LogP contribution in [0.2, 0.25) is 0 Å². The Balaban J connectivity index is 1.32. The SMILES string of the molecule is O=C(c1cnccn1)N1CCCC1c1nc(CCOCC2CCCC2)no1. The van der Waals surface area contributed by atoms with Crippen LogP contribution in [-0.4, -0.2) is 50.7 Å². The van der Waals surface area contributed by atoms with Gasteiger partial charge in [0.15, 0.2) is 5.82 Å². The summed E-state index contributed by atoms with van der Waals surface area (Å²) in [6, 6.07) is -0.194. The van der Waals surface area contributed by atoms with E-state index in [1.165, 1.54) is 38.1 Å². The van der Waals surface area contributed by atoms with Crippen molar-refractivity contribution in [2.45, 2.75) is 51.0 Å². The van der Waals surface area contributed by atoms with E-state index in [2.05, 4.69) is 20.1 Å². The molecule has 4 rings (SSSR count). The normalized spacial score (nSPS) is 20.4. The van der Waals surface area contributed by atoms with E-state index >= 15 is 0 Å². The Bertz CT molecular complexity index is 745. The average Bonchev–Trinajstić information content (AvgIpc) is 3.46.